The lowest BCUT2D eigenvalue weighted by Crippen LogP contribution is -2.47. The van der Waals surface area contributed by atoms with Crippen LogP contribution in [0.1, 0.15) is 18.5 Å². The number of urea groups is 1. The van der Waals surface area contributed by atoms with Gasteiger partial charge in [0, 0.05) is 6.54 Å². The third-order valence-electron chi connectivity index (χ3n) is 5.03. The molecular weight excluding hydrogens is 374 g/mol. The second kappa shape index (κ2) is 7.38. The number of nitrogens with zero attached hydrogens (tertiary/aromatic N) is 3. The quantitative estimate of drug-likeness (QED) is 0.585. The highest BCUT2D eigenvalue weighted by atomic mass is 16.5. The molecule has 1 fully saturated rings. The number of hydrogen-bond acceptors (Lipinski definition) is 5. The van der Waals surface area contributed by atoms with E-state index in [9.17, 15) is 19.2 Å². The number of anilines is 1. The van der Waals surface area contributed by atoms with Gasteiger partial charge in [0.1, 0.15) is 18.9 Å². The van der Waals surface area contributed by atoms with E-state index in [0.717, 1.165) is 10.5 Å². The Morgan fingerprint density at radius 3 is 2.31 bits per heavy atom. The summed E-state index contributed by atoms with van der Waals surface area (Å²) < 4.78 is 5.83. The molecule has 8 heteroatoms. The molecule has 4 rings (SSSR count). The highest BCUT2D eigenvalue weighted by molar-refractivity contribution is 6.45. The molecule has 0 saturated carbocycles. The van der Waals surface area contributed by atoms with Crippen molar-refractivity contribution in [2.45, 2.75) is 13.0 Å². The van der Waals surface area contributed by atoms with Gasteiger partial charge in [-0.15, -0.1) is 0 Å². The number of para-hydroxylation sites is 2. The van der Waals surface area contributed by atoms with Gasteiger partial charge in [0.25, 0.3) is 0 Å². The summed E-state index contributed by atoms with van der Waals surface area (Å²) in [5.41, 5.74) is 1.41. The highest BCUT2D eigenvalue weighted by Gasteiger charge is 2.45. The largest absolute Gasteiger partial charge is 0.489 e. The van der Waals surface area contributed by atoms with Crippen molar-refractivity contribution in [2.75, 3.05) is 24.6 Å². The minimum atomic E-state index is -0.983. The Hall–Kier alpha value is -3.68. The van der Waals surface area contributed by atoms with Crippen molar-refractivity contribution in [1.82, 2.24) is 9.80 Å². The number of hydrogen-bond donors (Lipinski definition) is 0. The fourth-order valence-electron chi connectivity index (χ4n) is 3.60. The Morgan fingerprint density at radius 2 is 1.62 bits per heavy atom. The lowest BCUT2D eigenvalue weighted by Gasteiger charge is -2.37. The van der Waals surface area contributed by atoms with E-state index in [0.29, 0.717) is 16.3 Å². The summed E-state index contributed by atoms with van der Waals surface area (Å²) in [6.07, 6.45) is 0. The molecule has 2 heterocycles. The fourth-order valence-corrected chi connectivity index (χ4v) is 3.60. The number of ether oxygens (including phenoxy) is 1. The van der Waals surface area contributed by atoms with Gasteiger partial charge in [0.2, 0.25) is 5.91 Å². The van der Waals surface area contributed by atoms with Crippen LogP contribution in [0.25, 0.3) is 0 Å². The maximum atomic E-state index is 13.3. The van der Waals surface area contributed by atoms with Crippen molar-refractivity contribution < 1.29 is 23.9 Å². The molecule has 1 atom stereocenters. The number of rotatable bonds is 4. The summed E-state index contributed by atoms with van der Waals surface area (Å²) in [5, 5.41) is 0. The third kappa shape index (κ3) is 3.12. The molecule has 0 N–H and O–H groups in total. The normalized spacial score (nSPS) is 18.7. The molecule has 0 bridgehead atoms. The van der Waals surface area contributed by atoms with Gasteiger partial charge >= 0.3 is 17.8 Å². The summed E-state index contributed by atoms with van der Waals surface area (Å²) in [6, 6.07) is 15.3. The average Bonchev–Trinajstić information content (AvgIpc) is 2.96. The van der Waals surface area contributed by atoms with Gasteiger partial charge in [0.05, 0.1) is 11.7 Å². The fraction of sp³-hybridized carbons (Fsp3) is 0.238. The second-order valence-electron chi connectivity index (χ2n) is 6.69. The molecule has 148 valence electrons. The Kier molecular flexibility index (Phi) is 4.75. The van der Waals surface area contributed by atoms with E-state index >= 15 is 0 Å². The van der Waals surface area contributed by atoms with Gasteiger partial charge in [-0.3, -0.25) is 24.2 Å². The number of carbonyl (C=O) groups excluding carboxylic acids is 4. The number of carbonyl (C=O) groups is 4. The summed E-state index contributed by atoms with van der Waals surface area (Å²) in [5.74, 6) is -1.82. The molecule has 2 aliphatic rings. The standard InChI is InChI=1S/C21H19N3O5/c1-2-22-19(26)20(27)23(21(22)28)12-18(25)24-15-10-6-7-11-17(15)29-13-16(24)14-8-4-3-5-9-14/h3-11,16H,2,12-13H2,1H3. The summed E-state index contributed by atoms with van der Waals surface area (Å²) in [6.45, 7) is 1.38. The van der Waals surface area contributed by atoms with E-state index in [1.54, 1.807) is 31.2 Å². The molecule has 0 aliphatic carbocycles. The molecule has 2 aromatic carbocycles. The molecule has 8 nitrogen and oxygen atoms in total. The van der Waals surface area contributed by atoms with Crippen molar-refractivity contribution in [1.29, 1.82) is 0 Å². The minimum Gasteiger partial charge on any atom is -0.489 e. The third-order valence-corrected chi connectivity index (χ3v) is 5.03. The predicted molar refractivity (Wildman–Crippen MR) is 103 cm³/mol. The first kappa shape index (κ1) is 18.7. The lowest BCUT2D eigenvalue weighted by molar-refractivity contribution is -0.143. The van der Waals surface area contributed by atoms with E-state index in [2.05, 4.69) is 0 Å². The highest BCUT2D eigenvalue weighted by Crippen LogP contribution is 2.39. The minimum absolute atomic E-state index is 0.0706. The van der Waals surface area contributed by atoms with E-state index in [-0.39, 0.29) is 13.2 Å². The molecule has 2 aromatic rings. The van der Waals surface area contributed by atoms with Crippen LogP contribution in [0.2, 0.25) is 0 Å². The van der Waals surface area contributed by atoms with Crippen LogP contribution in [0.4, 0.5) is 10.5 Å². The monoisotopic (exact) mass is 393 g/mol. The van der Waals surface area contributed by atoms with Crippen LogP contribution >= 0.6 is 0 Å². The maximum Gasteiger partial charge on any atom is 0.334 e. The van der Waals surface area contributed by atoms with Crippen LogP contribution in [0.15, 0.2) is 54.6 Å². The molecule has 5 amide bonds. The number of imide groups is 2. The zero-order chi connectivity index (χ0) is 20.5. The number of amides is 5. The van der Waals surface area contributed by atoms with E-state index in [1.165, 1.54) is 4.90 Å². The molecule has 0 radical (unpaired) electrons. The van der Waals surface area contributed by atoms with Crippen LogP contribution < -0.4 is 9.64 Å². The Labute approximate surface area is 167 Å². The lowest BCUT2D eigenvalue weighted by atomic mass is 10.0. The summed E-state index contributed by atoms with van der Waals surface area (Å²) in [4.78, 5) is 52.9. The Bertz CT molecular complexity index is 991. The van der Waals surface area contributed by atoms with Crippen LogP contribution in [0, 0.1) is 0 Å². The predicted octanol–water partition coefficient (Wildman–Crippen LogP) is 1.96. The summed E-state index contributed by atoms with van der Waals surface area (Å²) in [7, 11) is 0. The smallest absolute Gasteiger partial charge is 0.334 e. The molecule has 0 spiro atoms. The Balaban J connectivity index is 1.68. The van der Waals surface area contributed by atoms with Gasteiger partial charge in [-0.25, -0.2) is 9.69 Å². The van der Waals surface area contributed by atoms with Crippen LogP contribution in [-0.4, -0.2) is 53.2 Å². The number of benzene rings is 2. The van der Waals surface area contributed by atoms with Crippen molar-refractivity contribution in [3.63, 3.8) is 0 Å². The van der Waals surface area contributed by atoms with Gasteiger partial charge in [-0.2, -0.15) is 0 Å². The summed E-state index contributed by atoms with van der Waals surface area (Å²) >= 11 is 0. The van der Waals surface area contributed by atoms with Crippen molar-refractivity contribution in [3.05, 3.63) is 60.2 Å². The van der Waals surface area contributed by atoms with Gasteiger partial charge < -0.3 is 4.74 Å². The Morgan fingerprint density at radius 1 is 0.966 bits per heavy atom. The topological polar surface area (TPSA) is 87.2 Å². The van der Waals surface area contributed by atoms with Gasteiger partial charge in [-0.05, 0) is 24.6 Å². The van der Waals surface area contributed by atoms with E-state index < -0.39 is 36.3 Å². The SMILES string of the molecule is CCN1C(=O)C(=O)N(CC(=O)N2c3ccccc3OCC2c2ccccc2)C1=O. The van der Waals surface area contributed by atoms with Crippen molar-refractivity contribution >= 4 is 29.4 Å². The van der Waals surface area contributed by atoms with E-state index in [4.69, 9.17) is 4.74 Å². The van der Waals surface area contributed by atoms with Crippen molar-refractivity contribution in [2.24, 2.45) is 0 Å². The van der Waals surface area contributed by atoms with Gasteiger partial charge in [-0.1, -0.05) is 42.5 Å². The number of fused-ring (bicyclic) bond motifs is 1. The number of likely N-dealkylation sites (N-methyl/N-ethyl adjacent to an activating group) is 1. The molecular formula is C21H19N3O5. The van der Waals surface area contributed by atoms with Crippen molar-refractivity contribution in [3.8, 4) is 5.75 Å². The van der Waals surface area contributed by atoms with Gasteiger partial charge in [0.15, 0.2) is 0 Å². The van der Waals surface area contributed by atoms with Crippen LogP contribution in [0.3, 0.4) is 0 Å². The van der Waals surface area contributed by atoms with Crippen LogP contribution in [0.5, 0.6) is 5.75 Å². The molecule has 1 saturated heterocycles. The molecule has 0 aromatic heterocycles. The maximum absolute atomic E-state index is 13.3. The molecule has 29 heavy (non-hydrogen) atoms. The second-order valence-corrected chi connectivity index (χ2v) is 6.69. The zero-order valence-electron chi connectivity index (χ0n) is 15.8. The first-order valence-electron chi connectivity index (χ1n) is 9.29. The zero-order valence-corrected chi connectivity index (χ0v) is 15.8. The van der Waals surface area contributed by atoms with E-state index in [1.807, 2.05) is 30.3 Å². The molecule has 1 unspecified atom stereocenters. The first-order valence-corrected chi connectivity index (χ1v) is 9.29. The van der Waals surface area contributed by atoms with Crippen LogP contribution in [-0.2, 0) is 14.4 Å². The molecule has 2 aliphatic heterocycles. The first-order chi connectivity index (χ1) is 14.0. The average molecular weight is 393 g/mol.